The van der Waals surface area contributed by atoms with E-state index in [4.69, 9.17) is 5.73 Å². The van der Waals surface area contributed by atoms with Crippen LogP contribution < -0.4 is 11.1 Å². The summed E-state index contributed by atoms with van der Waals surface area (Å²) in [7, 11) is 0. The van der Waals surface area contributed by atoms with E-state index < -0.39 is 0 Å². The minimum atomic E-state index is -0.179. The molecule has 3 nitrogen and oxygen atoms in total. The lowest BCUT2D eigenvalue weighted by molar-refractivity contribution is 0.102. The second-order valence-corrected chi connectivity index (χ2v) is 5.94. The molecule has 0 heterocycles. The number of hydrogen-bond donors (Lipinski definition) is 2. The van der Waals surface area contributed by atoms with Gasteiger partial charge in [0.15, 0.2) is 0 Å². The van der Waals surface area contributed by atoms with Crippen LogP contribution in [0.5, 0.6) is 0 Å². The molecule has 1 amide bonds. The molecule has 3 N–H and O–H groups in total. The molecule has 0 spiro atoms. The van der Waals surface area contributed by atoms with Gasteiger partial charge in [-0.3, -0.25) is 4.79 Å². The van der Waals surface area contributed by atoms with Crippen molar-refractivity contribution in [2.45, 2.75) is 19.3 Å². The second-order valence-electron chi connectivity index (χ2n) is 5.02. The number of carbonyl (C=O) groups is 1. The number of halogens is 1. The van der Waals surface area contributed by atoms with Gasteiger partial charge < -0.3 is 11.1 Å². The molecule has 0 bridgehead atoms. The summed E-state index contributed by atoms with van der Waals surface area (Å²) in [6.45, 7) is 0. The van der Waals surface area contributed by atoms with Gasteiger partial charge in [0.1, 0.15) is 0 Å². The highest BCUT2D eigenvalue weighted by Gasteiger charge is 2.14. The van der Waals surface area contributed by atoms with Gasteiger partial charge in [-0.2, -0.15) is 0 Å². The number of rotatable bonds is 2. The van der Waals surface area contributed by atoms with Gasteiger partial charge in [-0.1, -0.05) is 22.0 Å². The number of benzene rings is 2. The van der Waals surface area contributed by atoms with E-state index in [1.54, 1.807) is 12.1 Å². The van der Waals surface area contributed by atoms with E-state index in [0.717, 1.165) is 23.0 Å². The van der Waals surface area contributed by atoms with Crippen molar-refractivity contribution in [1.82, 2.24) is 0 Å². The number of aryl methyl sites for hydroxylation is 2. The monoisotopic (exact) mass is 330 g/mol. The largest absolute Gasteiger partial charge is 0.398 e. The van der Waals surface area contributed by atoms with Crippen LogP contribution in [0, 0.1) is 0 Å². The Hall–Kier alpha value is -1.81. The maximum atomic E-state index is 12.3. The second kappa shape index (κ2) is 5.29. The Morgan fingerprint density at radius 1 is 1.10 bits per heavy atom. The average Bonchev–Trinajstić information content (AvgIpc) is 2.89. The molecule has 1 aliphatic carbocycles. The number of nitrogens with one attached hydrogen (secondary N) is 1. The molecule has 0 unspecified atom stereocenters. The van der Waals surface area contributed by atoms with Crippen LogP contribution in [0.3, 0.4) is 0 Å². The molecule has 0 saturated carbocycles. The normalized spacial score (nSPS) is 13.1. The summed E-state index contributed by atoms with van der Waals surface area (Å²) in [5.74, 6) is -0.179. The summed E-state index contributed by atoms with van der Waals surface area (Å²) in [5, 5.41) is 2.92. The summed E-state index contributed by atoms with van der Waals surface area (Å²) >= 11 is 3.36. The first-order valence-electron chi connectivity index (χ1n) is 6.61. The van der Waals surface area contributed by atoms with Crippen molar-refractivity contribution in [3.63, 3.8) is 0 Å². The zero-order chi connectivity index (χ0) is 14.1. The Morgan fingerprint density at radius 2 is 1.90 bits per heavy atom. The van der Waals surface area contributed by atoms with Gasteiger partial charge in [-0.25, -0.2) is 0 Å². The summed E-state index contributed by atoms with van der Waals surface area (Å²) in [4.78, 5) is 12.3. The van der Waals surface area contributed by atoms with E-state index in [9.17, 15) is 4.79 Å². The number of nitrogen functional groups attached to an aromatic ring is 1. The molecule has 3 rings (SSSR count). The van der Waals surface area contributed by atoms with Crippen LogP contribution in [0.1, 0.15) is 27.9 Å². The minimum Gasteiger partial charge on any atom is -0.398 e. The maximum Gasteiger partial charge on any atom is 0.257 e. The fraction of sp³-hybridized carbons (Fsp3) is 0.188. The van der Waals surface area contributed by atoms with E-state index in [1.165, 1.54) is 17.5 Å². The molecular weight excluding hydrogens is 316 g/mol. The number of amides is 1. The Labute approximate surface area is 126 Å². The number of nitrogens with two attached hydrogens (primary N) is 1. The van der Waals surface area contributed by atoms with E-state index in [0.29, 0.717) is 11.3 Å². The van der Waals surface area contributed by atoms with Crippen LogP contribution in [0.25, 0.3) is 0 Å². The van der Waals surface area contributed by atoms with Crippen molar-refractivity contribution in [2.24, 2.45) is 0 Å². The lowest BCUT2D eigenvalue weighted by Gasteiger charge is -2.09. The highest BCUT2D eigenvalue weighted by molar-refractivity contribution is 9.10. The fourth-order valence-corrected chi connectivity index (χ4v) is 2.93. The van der Waals surface area contributed by atoms with Crippen molar-refractivity contribution in [2.75, 3.05) is 11.1 Å². The lowest BCUT2D eigenvalue weighted by atomic mass is 10.1. The van der Waals surface area contributed by atoms with Gasteiger partial charge >= 0.3 is 0 Å². The molecule has 102 valence electrons. The number of hydrogen-bond acceptors (Lipinski definition) is 2. The Kier molecular flexibility index (Phi) is 3.49. The van der Waals surface area contributed by atoms with Gasteiger partial charge in [-0.15, -0.1) is 0 Å². The molecule has 0 radical (unpaired) electrons. The van der Waals surface area contributed by atoms with E-state index in [2.05, 4.69) is 33.4 Å². The molecule has 2 aromatic rings. The third kappa shape index (κ3) is 2.56. The Bertz CT molecular complexity index is 682. The molecule has 0 aliphatic heterocycles. The van der Waals surface area contributed by atoms with Crippen molar-refractivity contribution in [1.29, 1.82) is 0 Å². The predicted octanol–water partition coefficient (Wildman–Crippen LogP) is 3.77. The molecule has 0 aromatic heterocycles. The van der Waals surface area contributed by atoms with Crippen LogP contribution in [-0.2, 0) is 12.8 Å². The molecule has 0 atom stereocenters. The first-order chi connectivity index (χ1) is 9.63. The van der Waals surface area contributed by atoms with Gasteiger partial charge in [0.25, 0.3) is 5.91 Å². The predicted molar refractivity (Wildman–Crippen MR) is 85.0 cm³/mol. The van der Waals surface area contributed by atoms with Crippen LogP contribution in [0.15, 0.2) is 40.9 Å². The molecule has 0 fully saturated rings. The van der Waals surface area contributed by atoms with Crippen molar-refractivity contribution < 1.29 is 4.79 Å². The summed E-state index contributed by atoms with van der Waals surface area (Å²) in [6.07, 6.45) is 3.44. The number of carbonyl (C=O) groups excluding carboxylic acids is 1. The summed E-state index contributed by atoms with van der Waals surface area (Å²) < 4.78 is 0.839. The molecule has 2 aromatic carbocycles. The fourth-order valence-electron chi connectivity index (χ4n) is 2.57. The van der Waals surface area contributed by atoms with Crippen LogP contribution >= 0.6 is 15.9 Å². The third-order valence-electron chi connectivity index (χ3n) is 3.62. The van der Waals surface area contributed by atoms with Crippen molar-refractivity contribution in [3.8, 4) is 0 Å². The zero-order valence-electron chi connectivity index (χ0n) is 10.9. The zero-order valence-corrected chi connectivity index (χ0v) is 12.5. The van der Waals surface area contributed by atoms with Crippen molar-refractivity contribution in [3.05, 3.63) is 57.6 Å². The molecule has 20 heavy (non-hydrogen) atoms. The van der Waals surface area contributed by atoms with Crippen LogP contribution in [-0.4, -0.2) is 5.91 Å². The molecule has 0 saturated heterocycles. The van der Waals surface area contributed by atoms with Crippen LogP contribution in [0.2, 0.25) is 0 Å². The Balaban J connectivity index is 1.84. The van der Waals surface area contributed by atoms with Crippen molar-refractivity contribution >= 4 is 33.2 Å². The quantitative estimate of drug-likeness (QED) is 0.823. The molecular formula is C16H15BrN2O. The van der Waals surface area contributed by atoms with E-state index in [-0.39, 0.29) is 5.91 Å². The third-order valence-corrected chi connectivity index (χ3v) is 4.11. The minimum absolute atomic E-state index is 0.179. The standard InChI is InChI=1S/C16H15BrN2O/c17-12-5-7-15(18)14(9-12)16(20)19-13-6-4-10-2-1-3-11(10)8-13/h4-9H,1-3,18H2,(H,19,20). The maximum absolute atomic E-state index is 12.3. The van der Waals surface area contributed by atoms with Gasteiger partial charge in [0.2, 0.25) is 0 Å². The highest BCUT2D eigenvalue weighted by atomic mass is 79.9. The van der Waals surface area contributed by atoms with Gasteiger partial charge in [0.05, 0.1) is 5.56 Å². The summed E-state index contributed by atoms with van der Waals surface area (Å²) in [5.41, 5.74) is 10.4. The first kappa shape index (κ1) is 13.2. The first-order valence-corrected chi connectivity index (χ1v) is 7.41. The number of fused-ring (bicyclic) bond motifs is 1. The topological polar surface area (TPSA) is 55.1 Å². The van der Waals surface area contributed by atoms with Gasteiger partial charge in [-0.05, 0) is 60.7 Å². The average molecular weight is 331 g/mol. The number of anilines is 2. The SMILES string of the molecule is Nc1ccc(Br)cc1C(=O)Nc1ccc2c(c1)CCC2. The molecule has 1 aliphatic rings. The summed E-state index contributed by atoms with van der Waals surface area (Å²) in [6, 6.07) is 11.4. The van der Waals surface area contributed by atoms with E-state index in [1.807, 2.05) is 12.1 Å². The Morgan fingerprint density at radius 3 is 2.75 bits per heavy atom. The smallest absolute Gasteiger partial charge is 0.257 e. The van der Waals surface area contributed by atoms with E-state index >= 15 is 0 Å². The van der Waals surface area contributed by atoms with Gasteiger partial charge in [0, 0.05) is 15.8 Å². The molecule has 4 heteroatoms. The van der Waals surface area contributed by atoms with Crippen LogP contribution in [0.4, 0.5) is 11.4 Å². The highest BCUT2D eigenvalue weighted by Crippen LogP contribution is 2.26. The lowest BCUT2D eigenvalue weighted by Crippen LogP contribution is -2.14.